The molecule has 11 heteroatoms. The van der Waals surface area contributed by atoms with Crippen molar-refractivity contribution in [1.29, 1.82) is 0 Å². The molecule has 24 heavy (non-hydrogen) atoms. The molecule has 3 N–H and O–H groups in total. The van der Waals surface area contributed by atoms with Gasteiger partial charge in [-0.2, -0.15) is 15.2 Å². The average Bonchev–Trinajstić information content (AvgIpc) is 2.53. The number of aromatic amines is 1. The minimum Gasteiger partial charge on any atom is -0.500 e. The lowest BCUT2D eigenvalue weighted by atomic mass is 10.2. The second-order valence-electron chi connectivity index (χ2n) is 4.52. The van der Waals surface area contributed by atoms with Gasteiger partial charge in [0.2, 0.25) is 5.75 Å². The summed E-state index contributed by atoms with van der Waals surface area (Å²) in [6, 6.07) is 2.53. The lowest BCUT2D eigenvalue weighted by Gasteiger charge is -2.07. The number of phenolic OH excluding ortho intramolecular Hbond substituents is 1. The van der Waals surface area contributed by atoms with E-state index in [9.17, 15) is 20.0 Å². The van der Waals surface area contributed by atoms with E-state index in [1.54, 1.807) is 13.8 Å². The first-order valence-electron chi connectivity index (χ1n) is 6.79. The molecule has 2 aromatic rings. The van der Waals surface area contributed by atoms with Crippen LogP contribution in [0.4, 0.5) is 11.5 Å². The molecule has 0 saturated heterocycles. The molecule has 0 unspecified atom stereocenters. The molecule has 11 nitrogen and oxygen atoms in total. The number of benzene rings is 1. The third-order valence-corrected chi connectivity index (χ3v) is 2.83. The van der Waals surface area contributed by atoms with Gasteiger partial charge in [-0.15, -0.1) is 0 Å². The highest BCUT2D eigenvalue weighted by molar-refractivity contribution is 5.83. The summed E-state index contributed by atoms with van der Waals surface area (Å²) in [5, 5.41) is 30.5. The summed E-state index contributed by atoms with van der Waals surface area (Å²) in [5.74, 6) is -0.433. The highest BCUT2D eigenvalue weighted by Crippen LogP contribution is 2.36. The number of H-pyrrole nitrogens is 1. The van der Waals surface area contributed by atoms with Gasteiger partial charge in [-0.1, -0.05) is 0 Å². The van der Waals surface area contributed by atoms with Crippen molar-refractivity contribution in [2.75, 3.05) is 12.0 Å². The van der Waals surface area contributed by atoms with Crippen molar-refractivity contribution < 1.29 is 14.8 Å². The van der Waals surface area contributed by atoms with E-state index in [1.165, 1.54) is 12.3 Å². The zero-order valence-corrected chi connectivity index (χ0v) is 12.8. The van der Waals surface area contributed by atoms with Gasteiger partial charge >= 0.3 is 11.4 Å². The van der Waals surface area contributed by atoms with Gasteiger partial charge in [0.15, 0.2) is 11.6 Å². The maximum Gasteiger partial charge on any atom is 0.363 e. The number of aromatic nitrogens is 3. The Bertz CT molecular complexity index is 847. The van der Waals surface area contributed by atoms with Crippen LogP contribution in [0.15, 0.2) is 22.0 Å². The second-order valence-corrected chi connectivity index (χ2v) is 4.52. The van der Waals surface area contributed by atoms with Crippen molar-refractivity contribution in [2.24, 2.45) is 5.10 Å². The zero-order valence-electron chi connectivity index (χ0n) is 12.8. The maximum atomic E-state index is 11.1. The fourth-order valence-corrected chi connectivity index (χ4v) is 1.76. The van der Waals surface area contributed by atoms with E-state index in [-0.39, 0.29) is 18.2 Å². The SMILES string of the molecule is CCOc1cc(/C=N\Nc2nc(=O)[nH]nc2C)cc([N+](=O)[O-])c1O. The molecule has 126 valence electrons. The molecular formula is C13H14N6O5. The predicted octanol–water partition coefficient (Wildman–Crippen LogP) is 0.932. The van der Waals surface area contributed by atoms with Crippen LogP contribution in [0.5, 0.6) is 11.5 Å². The second kappa shape index (κ2) is 7.17. The summed E-state index contributed by atoms with van der Waals surface area (Å²) in [7, 11) is 0. The van der Waals surface area contributed by atoms with Crippen molar-refractivity contribution in [2.45, 2.75) is 13.8 Å². The first kappa shape index (κ1) is 16.9. The normalized spacial score (nSPS) is 10.8. The molecule has 1 aromatic heterocycles. The molecule has 0 spiro atoms. The van der Waals surface area contributed by atoms with Gasteiger partial charge in [0.25, 0.3) is 0 Å². The van der Waals surface area contributed by atoms with Gasteiger partial charge in [-0.25, -0.2) is 9.89 Å². The predicted molar refractivity (Wildman–Crippen MR) is 84.5 cm³/mol. The fraction of sp³-hybridized carbons (Fsp3) is 0.231. The number of aromatic hydroxyl groups is 1. The molecule has 0 amide bonds. The lowest BCUT2D eigenvalue weighted by molar-refractivity contribution is -0.386. The number of hydrazone groups is 1. The van der Waals surface area contributed by atoms with Crippen LogP contribution in [0.2, 0.25) is 0 Å². The quantitative estimate of drug-likeness (QED) is 0.400. The number of aryl methyl sites for hydroxylation is 1. The van der Waals surface area contributed by atoms with Crippen LogP contribution in [-0.4, -0.2) is 38.0 Å². The molecule has 0 aliphatic rings. The van der Waals surface area contributed by atoms with Crippen molar-refractivity contribution in [3.8, 4) is 11.5 Å². The van der Waals surface area contributed by atoms with E-state index >= 15 is 0 Å². The Morgan fingerprint density at radius 2 is 2.29 bits per heavy atom. The van der Waals surface area contributed by atoms with E-state index < -0.39 is 22.0 Å². The monoisotopic (exact) mass is 334 g/mol. The van der Waals surface area contributed by atoms with Gasteiger partial charge in [0.05, 0.1) is 17.7 Å². The van der Waals surface area contributed by atoms with E-state index in [2.05, 4.69) is 25.7 Å². The zero-order chi connectivity index (χ0) is 17.7. The Labute approximate surface area is 135 Å². The first-order valence-corrected chi connectivity index (χ1v) is 6.79. The van der Waals surface area contributed by atoms with Crippen molar-refractivity contribution in [3.05, 3.63) is 44.0 Å². The number of nitro groups is 1. The molecule has 2 rings (SSSR count). The molecule has 1 heterocycles. The Kier molecular flexibility index (Phi) is 5.04. The highest BCUT2D eigenvalue weighted by atomic mass is 16.6. The average molecular weight is 334 g/mol. The van der Waals surface area contributed by atoms with Crippen LogP contribution in [0.25, 0.3) is 0 Å². The molecule has 0 radical (unpaired) electrons. The number of nitrogens with one attached hydrogen (secondary N) is 2. The Morgan fingerprint density at radius 1 is 1.54 bits per heavy atom. The number of hydrogen-bond acceptors (Lipinski definition) is 9. The van der Waals surface area contributed by atoms with E-state index in [4.69, 9.17) is 4.74 Å². The minimum absolute atomic E-state index is 0.0275. The molecular weight excluding hydrogens is 320 g/mol. The molecule has 1 aromatic carbocycles. The molecule has 0 aliphatic heterocycles. The summed E-state index contributed by atoms with van der Waals surface area (Å²) >= 11 is 0. The largest absolute Gasteiger partial charge is 0.500 e. The van der Waals surface area contributed by atoms with Crippen LogP contribution in [0.1, 0.15) is 18.2 Å². The number of nitro benzene ring substituents is 1. The van der Waals surface area contributed by atoms with E-state index in [0.717, 1.165) is 6.07 Å². The molecule has 0 saturated carbocycles. The number of nitrogens with zero attached hydrogens (tertiary/aromatic N) is 4. The first-order chi connectivity index (χ1) is 11.4. The standard InChI is InChI=1S/C13H14N6O5/c1-3-24-10-5-8(4-9(11(10)20)19(22)23)6-14-17-12-7(2)16-18-13(21)15-12/h4-6,20H,3H2,1-2H3,(H2,15,17,18,21)/b14-6-. The Balaban J connectivity index is 2.29. The van der Waals surface area contributed by atoms with Gasteiger partial charge in [-0.05, 0) is 19.9 Å². The van der Waals surface area contributed by atoms with Gasteiger partial charge < -0.3 is 9.84 Å². The molecule has 0 fully saturated rings. The van der Waals surface area contributed by atoms with Gasteiger partial charge in [0.1, 0.15) is 5.69 Å². The Hall–Kier alpha value is -3.50. The van der Waals surface area contributed by atoms with E-state index in [1.807, 2.05) is 0 Å². The van der Waals surface area contributed by atoms with Gasteiger partial charge in [0, 0.05) is 11.6 Å². The van der Waals surface area contributed by atoms with Crippen LogP contribution < -0.4 is 15.9 Å². The van der Waals surface area contributed by atoms with Crippen molar-refractivity contribution >= 4 is 17.7 Å². The fourth-order valence-electron chi connectivity index (χ4n) is 1.76. The van der Waals surface area contributed by atoms with Crippen LogP contribution in [0.3, 0.4) is 0 Å². The summed E-state index contributed by atoms with van der Waals surface area (Å²) in [5.41, 5.74) is 2.10. The highest BCUT2D eigenvalue weighted by Gasteiger charge is 2.19. The summed E-state index contributed by atoms with van der Waals surface area (Å²) in [6.45, 7) is 3.52. The maximum absolute atomic E-state index is 11.1. The summed E-state index contributed by atoms with van der Waals surface area (Å²) in [6.07, 6.45) is 1.26. The molecule has 0 bridgehead atoms. The minimum atomic E-state index is -0.727. The lowest BCUT2D eigenvalue weighted by Crippen LogP contribution is -2.15. The van der Waals surface area contributed by atoms with E-state index in [0.29, 0.717) is 11.3 Å². The molecule has 0 atom stereocenters. The summed E-state index contributed by atoms with van der Waals surface area (Å²) in [4.78, 5) is 25.0. The number of hydrogen-bond donors (Lipinski definition) is 3. The van der Waals surface area contributed by atoms with Crippen molar-refractivity contribution in [1.82, 2.24) is 15.2 Å². The van der Waals surface area contributed by atoms with Gasteiger partial charge in [-0.3, -0.25) is 15.5 Å². The summed E-state index contributed by atoms with van der Waals surface area (Å²) < 4.78 is 5.16. The number of rotatable bonds is 6. The molecule has 0 aliphatic carbocycles. The smallest absolute Gasteiger partial charge is 0.363 e. The van der Waals surface area contributed by atoms with Crippen LogP contribution in [0, 0.1) is 17.0 Å². The third-order valence-electron chi connectivity index (χ3n) is 2.83. The number of phenols is 1. The van der Waals surface area contributed by atoms with Crippen LogP contribution >= 0.6 is 0 Å². The Morgan fingerprint density at radius 3 is 2.96 bits per heavy atom. The van der Waals surface area contributed by atoms with Crippen LogP contribution in [-0.2, 0) is 0 Å². The third kappa shape index (κ3) is 3.82. The van der Waals surface area contributed by atoms with Crippen molar-refractivity contribution in [3.63, 3.8) is 0 Å². The number of ether oxygens (including phenoxy) is 1. The topological polar surface area (TPSA) is 156 Å². The number of anilines is 1.